The van der Waals surface area contributed by atoms with E-state index in [0.717, 1.165) is 30.3 Å². The van der Waals surface area contributed by atoms with E-state index in [1.807, 2.05) is 5.38 Å². The lowest BCUT2D eigenvalue weighted by Gasteiger charge is -2.36. The van der Waals surface area contributed by atoms with Gasteiger partial charge < -0.3 is 4.74 Å². The molecule has 2 fully saturated rings. The van der Waals surface area contributed by atoms with Gasteiger partial charge in [-0.3, -0.25) is 0 Å². The van der Waals surface area contributed by atoms with Crippen LogP contribution in [0.1, 0.15) is 24.8 Å². The Bertz CT molecular complexity index is 953. The lowest BCUT2D eigenvalue weighted by atomic mass is 9.92. The minimum Gasteiger partial charge on any atom is -0.408 e. The van der Waals surface area contributed by atoms with Crippen LogP contribution < -0.4 is 9.13 Å². The highest BCUT2D eigenvalue weighted by molar-refractivity contribution is 7.09. The molecule has 1 N–H and O–H groups in total. The highest BCUT2D eigenvalue weighted by Gasteiger charge is 2.51. The van der Waals surface area contributed by atoms with Gasteiger partial charge in [-0.05, 0) is 17.5 Å². The third kappa shape index (κ3) is 3.53. The number of piperidine rings is 1. The fraction of sp³-hybridized carbons (Fsp3) is 0.450. The first-order chi connectivity index (χ1) is 13.9. The van der Waals surface area contributed by atoms with Gasteiger partial charge >= 0.3 is 12.3 Å². The molecule has 0 radical (unpaired) electrons. The molecule has 0 bridgehead atoms. The number of ether oxygens (including phenoxy) is 1. The van der Waals surface area contributed by atoms with Crippen LogP contribution in [0.2, 0.25) is 0 Å². The van der Waals surface area contributed by atoms with Gasteiger partial charge in [-0.1, -0.05) is 0 Å². The Balaban J connectivity index is 1.54. The van der Waals surface area contributed by atoms with Crippen molar-refractivity contribution in [3.63, 3.8) is 0 Å². The number of nitriles is 1. The second-order valence-electron chi connectivity index (χ2n) is 7.87. The van der Waals surface area contributed by atoms with Crippen molar-refractivity contribution >= 4 is 28.8 Å². The molecule has 0 aliphatic carbocycles. The van der Waals surface area contributed by atoms with Crippen LogP contribution >= 0.6 is 11.3 Å². The Labute approximate surface area is 172 Å². The van der Waals surface area contributed by atoms with Crippen molar-refractivity contribution in [2.45, 2.75) is 32.3 Å². The first-order valence-electron chi connectivity index (χ1n) is 9.66. The monoisotopic (exact) mass is 418 g/mol. The SMILES string of the molecule is CC1C[N@+](O)(c2ccc([N+]3(C#N)CCC(Cc4nccs4)CC3)c(F)c2)C(=O)O1. The molecular formula is C20H23FN4O3S+2. The second-order valence-corrected chi connectivity index (χ2v) is 8.85. The summed E-state index contributed by atoms with van der Waals surface area (Å²) in [6.45, 7) is 2.72. The van der Waals surface area contributed by atoms with Crippen molar-refractivity contribution in [2.75, 3.05) is 19.6 Å². The summed E-state index contributed by atoms with van der Waals surface area (Å²) in [4.78, 5) is 16.3. The topological polar surface area (TPSA) is 83.2 Å². The standard InChI is InChI=1S/C20H23FN4O3S/c1-14-12-25(27,20(26)28-14)16-2-3-18(17(21)11-16)24(13-22)7-4-15(5-8-24)10-19-23-6-9-29-19/h2-3,6,9,11,14-15,27H,4-5,7-8,10,12H2,1H3/q+2/t14?,15?,24?,25-/m0/s1. The maximum atomic E-state index is 15.1. The summed E-state index contributed by atoms with van der Waals surface area (Å²) in [5.74, 6) is -0.170. The number of thiazole rings is 1. The van der Waals surface area contributed by atoms with E-state index < -0.39 is 22.7 Å². The molecular weight excluding hydrogens is 395 g/mol. The smallest absolute Gasteiger partial charge is 0.408 e. The predicted molar refractivity (Wildman–Crippen MR) is 106 cm³/mol. The van der Waals surface area contributed by atoms with Gasteiger partial charge in [-0.15, -0.1) is 16.6 Å². The zero-order valence-corrected chi connectivity index (χ0v) is 16.9. The summed E-state index contributed by atoms with van der Waals surface area (Å²) in [5.41, 5.74) is 0.381. The van der Waals surface area contributed by atoms with Gasteiger partial charge in [0.15, 0.2) is 29.8 Å². The van der Waals surface area contributed by atoms with Gasteiger partial charge in [0.05, 0.1) is 18.1 Å². The number of carbonyl (C=O) groups excluding carboxylic acids is 1. The van der Waals surface area contributed by atoms with E-state index in [4.69, 9.17) is 4.74 Å². The van der Waals surface area contributed by atoms with Crippen LogP contribution in [0.4, 0.5) is 20.6 Å². The molecule has 0 spiro atoms. The number of nitrogens with zero attached hydrogens (tertiary/aromatic N) is 4. The zero-order valence-electron chi connectivity index (χ0n) is 16.1. The number of hydroxylamine groups is 2. The van der Waals surface area contributed by atoms with Crippen molar-refractivity contribution in [1.82, 2.24) is 14.1 Å². The molecule has 0 saturated carbocycles. The summed E-state index contributed by atoms with van der Waals surface area (Å²) < 4.78 is 18.9. The van der Waals surface area contributed by atoms with Crippen molar-refractivity contribution in [3.05, 3.63) is 40.6 Å². The van der Waals surface area contributed by atoms with Crippen LogP contribution in [0.15, 0.2) is 29.8 Å². The number of aromatic nitrogens is 1. The summed E-state index contributed by atoms with van der Waals surface area (Å²) in [6, 6.07) is 4.17. The normalized spacial score (nSPS) is 32.0. The quantitative estimate of drug-likeness (QED) is 0.462. The average Bonchev–Trinajstić information content (AvgIpc) is 3.30. The Morgan fingerprint density at radius 1 is 1.41 bits per heavy atom. The third-order valence-corrected chi connectivity index (χ3v) is 6.72. The van der Waals surface area contributed by atoms with Gasteiger partial charge in [0.25, 0.3) is 0 Å². The molecule has 1 unspecified atom stereocenters. The summed E-state index contributed by atoms with van der Waals surface area (Å²) >= 11 is 1.63. The van der Waals surface area contributed by atoms with Crippen molar-refractivity contribution in [1.29, 1.82) is 5.26 Å². The molecule has 152 valence electrons. The predicted octanol–water partition coefficient (Wildman–Crippen LogP) is 3.96. The second kappa shape index (κ2) is 7.46. The van der Waals surface area contributed by atoms with Gasteiger partial charge in [0, 0.05) is 49.0 Å². The molecule has 2 atom stereocenters. The average molecular weight is 418 g/mol. The van der Waals surface area contributed by atoms with E-state index in [1.54, 1.807) is 24.5 Å². The summed E-state index contributed by atoms with van der Waals surface area (Å²) in [6.07, 6.45) is 5.30. The fourth-order valence-corrected chi connectivity index (χ4v) is 5.02. The molecule has 29 heavy (non-hydrogen) atoms. The maximum Gasteiger partial charge on any atom is 0.555 e. The van der Waals surface area contributed by atoms with Gasteiger partial charge in [0.2, 0.25) is 0 Å². The number of benzene rings is 1. The number of quaternary nitrogens is 2. The largest absolute Gasteiger partial charge is 0.555 e. The molecule has 4 rings (SSSR count). The number of rotatable bonds is 4. The number of carbonyl (C=O) groups is 1. The molecule has 2 saturated heterocycles. The van der Waals surface area contributed by atoms with Crippen LogP contribution in [0, 0.1) is 23.2 Å². The van der Waals surface area contributed by atoms with E-state index >= 15 is 4.39 Å². The van der Waals surface area contributed by atoms with Crippen molar-refractivity contribution in [3.8, 4) is 6.19 Å². The minimum absolute atomic E-state index is 0.0221. The van der Waals surface area contributed by atoms with E-state index in [9.17, 15) is 15.3 Å². The first-order valence-corrected chi connectivity index (χ1v) is 10.5. The molecule has 3 heterocycles. The highest BCUT2D eigenvalue weighted by Crippen LogP contribution is 2.37. The number of likely N-dealkylation sites (tertiary alicyclic amines) is 1. The zero-order chi connectivity index (χ0) is 20.6. The van der Waals surface area contributed by atoms with Gasteiger partial charge in [0.1, 0.15) is 0 Å². The van der Waals surface area contributed by atoms with Crippen LogP contribution in [-0.4, -0.2) is 42.0 Å². The van der Waals surface area contributed by atoms with E-state index in [0.29, 0.717) is 19.0 Å². The van der Waals surface area contributed by atoms with Gasteiger partial charge in [-0.2, -0.15) is 9.28 Å². The Morgan fingerprint density at radius 2 is 2.17 bits per heavy atom. The summed E-state index contributed by atoms with van der Waals surface area (Å²) in [5, 5.41) is 23.6. The van der Waals surface area contributed by atoms with E-state index in [2.05, 4.69) is 11.2 Å². The third-order valence-electron chi connectivity index (χ3n) is 5.92. The first kappa shape index (κ1) is 19.9. The van der Waals surface area contributed by atoms with Crippen molar-refractivity contribution in [2.24, 2.45) is 5.92 Å². The number of amides is 1. The van der Waals surface area contributed by atoms with Crippen LogP contribution in [0.5, 0.6) is 0 Å². The molecule has 1 aromatic heterocycles. The maximum absolute atomic E-state index is 15.1. The molecule has 1 amide bonds. The molecule has 2 aliphatic heterocycles. The van der Waals surface area contributed by atoms with Crippen LogP contribution in [0.3, 0.4) is 0 Å². The van der Waals surface area contributed by atoms with Gasteiger partial charge in [-0.25, -0.2) is 14.6 Å². The minimum atomic E-state index is -1.08. The molecule has 7 nitrogen and oxygen atoms in total. The lowest BCUT2D eigenvalue weighted by Crippen LogP contribution is -2.51. The Kier molecular flexibility index (Phi) is 5.12. The number of halogens is 1. The fourth-order valence-electron chi connectivity index (χ4n) is 4.29. The number of hydrogen-bond acceptors (Lipinski definition) is 6. The van der Waals surface area contributed by atoms with E-state index in [1.165, 1.54) is 12.1 Å². The molecule has 2 aromatic rings. The van der Waals surface area contributed by atoms with Crippen LogP contribution in [-0.2, 0) is 11.2 Å². The Morgan fingerprint density at radius 3 is 2.72 bits per heavy atom. The lowest BCUT2D eigenvalue weighted by molar-refractivity contribution is -0.0236. The Hall–Kier alpha value is -2.38. The number of hydrogen-bond donors (Lipinski definition) is 1. The number of cyclic esters (lactones) is 1. The van der Waals surface area contributed by atoms with E-state index in [-0.39, 0.29) is 22.4 Å². The molecule has 9 heteroatoms. The molecule has 2 aliphatic rings. The highest BCUT2D eigenvalue weighted by atomic mass is 32.1. The van der Waals surface area contributed by atoms with Crippen LogP contribution in [0.25, 0.3) is 0 Å². The summed E-state index contributed by atoms with van der Waals surface area (Å²) in [7, 11) is 0. The van der Waals surface area contributed by atoms with Crippen molar-refractivity contribution < 1.29 is 19.1 Å². The molecule has 1 aromatic carbocycles.